The van der Waals surface area contributed by atoms with Crippen LogP contribution < -0.4 is 4.72 Å². The van der Waals surface area contributed by atoms with Gasteiger partial charge in [0.25, 0.3) is 0 Å². The zero-order valence-corrected chi connectivity index (χ0v) is 13.7. The lowest BCUT2D eigenvalue weighted by atomic mass is 9.87. The maximum absolute atomic E-state index is 12.3. The van der Waals surface area contributed by atoms with Gasteiger partial charge >= 0.3 is 10.2 Å². The van der Waals surface area contributed by atoms with Gasteiger partial charge in [-0.2, -0.15) is 12.7 Å². The van der Waals surface area contributed by atoms with Gasteiger partial charge in [-0.3, -0.25) is 4.79 Å². The number of rotatable bonds is 4. The van der Waals surface area contributed by atoms with Gasteiger partial charge in [0, 0.05) is 36.8 Å². The molecule has 1 saturated heterocycles. The summed E-state index contributed by atoms with van der Waals surface area (Å²) in [5, 5.41) is 0. The van der Waals surface area contributed by atoms with Gasteiger partial charge in [0.05, 0.1) is 0 Å². The molecule has 0 spiro atoms. The number of nitrogens with one attached hydrogen (secondary N) is 1. The normalized spacial score (nSPS) is 24.6. The predicted molar refractivity (Wildman–Crippen MR) is 82.8 cm³/mol. The predicted octanol–water partition coefficient (Wildman–Crippen LogP) is 0.526. The van der Waals surface area contributed by atoms with E-state index < -0.39 is 16.1 Å². The molecule has 1 unspecified atom stereocenters. The molecule has 2 aliphatic carbocycles. The number of nitrogens with zero attached hydrogens (tertiary/aromatic N) is 3. The lowest BCUT2D eigenvalue weighted by Gasteiger charge is -2.30. The molecule has 3 aliphatic rings. The van der Waals surface area contributed by atoms with Crippen molar-refractivity contribution < 1.29 is 13.2 Å². The first-order valence-corrected chi connectivity index (χ1v) is 9.63. The molecular formula is C15H20N4O3S. The summed E-state index contributed by atoms with van der Waals surface area (Å²) in [6.45, 7) is 0.988. The van der Waals surface area contributed by atoms with E-state index in [1.165, 1.54) is 4.31 Å². The molecule has 1 N–H and O–H groups in total. The van der Waals surface area contributed by atoms with Gasteiger partial charge < -0.3 is 0 Å². The molecule has 4 rings (SSSR count). The highest BCUT2D eigenvalue weighted by atomic mass is 32.2. The molecule has 124 valence electrons. The smallest absolute Gasteiger partial charge is 0.274 e. The second kappa shape index (κ2) is 5.52. The second-order valence-corrected chi connectivity index (χ2v) is 8.31. The zero-order valence-electron chi connectivity index (χ0n) is 12.9. The highest BCUT2D eigenvalue weighted by Gasteiger charge is 2.34. The van der Waals surface area contributed by atoms with E-state index in [0.717, 1.165) is 36.3 Å². The Morgan fingerprint density at radius 3 is 2.70 bits per heavy atom. The summed E-state index contributed by atoms with van der Waals surface area (Å²) < 4.78 is 27.5. The van der Waals surface area contributed by atoms with Crippen LogP contribution in [-0.2, 0) is 27.8 Å². The number of aryl methyl sites for hydroxylation is 1. The third kappa shape index (κ3) is 2.97. The van der Waals surface area contributed by atoms with Crippen molar-refractivity contribution in [3.05, 3.63) is 23.3 Å². The van der Waals surface area contributed by atoms with Gasteiger partial charge in [-0.25, -0.2) is 14.7 Å². The molecule has 1 aliphatic heterocycles. The highest BCUT2D eigenvalue weighted by molar-refractivity contribution is 7.87. The molecule has 1 saturated carbocycles. The lowest BCUT2D eigenvalue weighted by molar-refractivity contribution is -0.123. The molecule has 0 radical (unpaired) electrons. The molecule has 23 heavy (non-hydrogen) atoms. The number of hydrogen-bond donors (Lipinski definition) is 1. The maximum Gasteiger partial charge on any atom is 0.303 e. The Kier molecular flexibility index (Phi) is 3.60. The zero-order chi connectivity index (χ0) is 16.0. The average Bonchev–Trinajstić information content (AvgIpc) is 3.27. The van der Waals surface area contributed by atoms with Crippen LogP contribution in [0.25, 0.3) is 0 Å². The number of hydrogen-bond acceptors (Lipinski definition) is 5. The van der Waals surface area contributed by atoms with Gasteiger partial charge in [-0.1, -0.05) is 0 Å². The van der Waals surface area contributed by atoms with Crippen LogP contribution in [0, 0.1) is 5.92 Å². The van der Waals surface area contributed by atoms with Crippen molar-refractivity contribution in [3.8, 4) is 0 Å². The summed E-state index contributed by atoms with van der Waals surface area (Å²) in [6.07, 6.45) is 6.86. The van der Waals surface area contributed by atoms with Crippen LogP contribution >= 0.6 is 0 Å². The Balaban J connectivity index is 1.44. The molecule has 2 fully saturated rings. The van der Waals surface area contributed by atoms with E-state index in [0.29, 0.717) is 38.3 Å². The van der Waals surface area contributed by atoms with Crippen LogP contribution in [-0.4, -0.2) is 41.7 Å². The fourth-order valence-electron chi connectivity index (χ4n) is 3.09. The van der Waals surface area contributed by atoms with Crippen LogP contribution in [0.15, 0.2) is 6.20 Å². The van der Waals surface area contributed by atoms with E-state index in [1.54, 1.807) is 0 Å². The van der Waals surface area contributed by atoms with Gasteiger partial charge in [0.2, 0.25) is 5.91 Å². The van der Waals surface area contributed by atoms with E-state index in [-0.39, 0.29) is 5.92 Å². The minimum absolute atomic E-state index is 0.325. The van der Waals surface area contributed by atoms with Gasteiger partial charge in [-0.15, -0.1) is 0 Å². The van der Waals surface area contributed by atoms with Crippen LogP contribution in [0.5, 0.6) is 0 Å². The molecule has 1 aromatic rings. The Morgan fingerprint density at radius 2 is 2.04 bits per heavy atom. The minimum atomic E-state index is -3.66. The van der Waals surface area contributed by atoms with E-state index in [4.69, 9.17) is 0 Å². The quantitative estimate of drug-likeness (QED) is 0.866. The topological polar surface area (TPSA) is 92.3 Å². The van der Waals surface area contributed by atoms with Crippen molar-refractivity contribution in [1.29, 1.82) is 0 Å². The van der Waals surface area contributed by atoms with E-state index in [2.05, 4.69) is 14.7 Å². The molecular weight excluding hydrogens is 316 g/mol. The van der Waals surface area contributed by atoms with E-state index >= 15 is 0 Å². The number of carbonyl (C=O) groups excluding carboxylic acids is 1. The standard InChI is InChI=1S/C15H20N4O3S/c20-15(18-23(21,22)19-6-1-7-19)11-4-5-13-12(8-11)9-16-14(17-13)10-2-3-10/h9-11H,1-8H2,(H,18,20). The summed E-state index contributed by atoms with van der Waals surface area (Å²) in [7, 11) is -3.66. The third-order valence-electron chi connectivity index (χ3n) is 4.87. The first kappa shape index (κ1) is 15.0. The van der Waals surface area contributed by atoms with Crippen molar-refractivity contribution in [2.45, 2.75) is 44.4 Å². The van der Waals surface area contributed by atoms with Crippen LogP contribution in [0.3, 0.4) is 0 Å². The number of amides is 1. The largest absolute Gasteiger partial charge is 0.303 e. The van der Waals surface area contributed by atoms with Crippen molar-refractivity contribution in [1.82, 2.24) is 19.0 Å². The Labute approximate surface area is 135 Å². The Hall–Kier alpha value is -1.54. The van der Waals surface area contributed by atoms with Gasteiger partial charge in [0.15, 0.2) is 0 Å². The van der Waals surface area contributed by atoms with E-state index in [9.17, 15) is 13.2 Å². The summed E-state index contributed by atoms with van der Waals surface area (Å²) in [6, 6.07) is 0. The highest BCUT2D eigenvalue weighted by Crippen LogP contribution is 2.38. The maximum atomic E-state index is 12.3. The number of aromatic nitrogens is 2. The SMILES string of the molecule is O=C(NS(=O)(=O)N1CCC1)C1CCc2nc(C3CC3)ncc2C1. The van der Waals surface area contributed by atoms with Crippen molar-refractivity contribution >= 4 is 16.1 Å². The van der Waals surface area contributed by atoms with Crippen LogP contribution in [0.1, 0.15) is 48.7 Å². The summed E-state index contributed by atoms with van der Waals surface area (Å²) >= 11 is 0. The van der Waals surface area contributed by atoms with Crippen molar-refractivity contribution in [3.63, 3.8) is 0 Å². The monoisotopic (exact) mass is 336 g/mol. The summed E-state index contributed by atoms with van der Waals surface area (Å²) in [4.78, 5) is 21.3. The molecule has 8 heteroatoms. The third-order valence-corrected chi connectivity index (χ3v) is 6.37. The molecule has 2 heterocycles. The minimum Gasteiger partial charge on any atom is -0.274 e. The van der Waals surface area contributed by atoms with Crippen molar-refractivity contribution in [2.24, 2.45) is 5.92 Å². The average molecular weight is 336 g/mol. The second-order valence-electron chi connectivity index (χ2n) is 6.64. The number of fused-ring (bicyclic) bond motifs is 1. The lowest BCUT2D eigenvalue weighted by Crippen LogP contribution is -2.51. The van der Waals surface area contributed by atoms with E-state index in [1.807, 2.05) is 6.20 Å². The van der Waals surface area contributed by atoms with Crippen LogP contribution in [0.4, 0.5) is 0 Å². The van der Waals surface area contributed by atoms with Crippen molar-refractivity contribution in [2.75, 3.05) is 13.1 Å². The van der Waals surface area contributed by atoms with Crippen LogP contribution in [0.2, 0.25) is 0 Å². The molecule has 1 aromatic heterocycles. The first-order valence-electron chi connectivity index (χ1n) is 8.19. The molecule has 1 atom stereocenters. The Bertz CT molecular complexity index is 741. The molecule has 7 nitrogen and oxygen atoms in total. The molecule has 0 bridgehead atoms. The summed E-state index contributed by atoms with van der Waals surface area (Å²) in [5.41, 5.74) is 2.00. The Morgan fingerprint density at radius 1 is 1.26 bits per heavy atom. The van der Waals surface area contributed by atoms with Gasteiger partial charge in [0.1, 0.15) is 5.82 Å². The fourth-order valence-corrected chi connectivity index (χ4v) is 4.38. The molecule has 1 amide bonds. The van der Waals surface area contributed by atoms with Gasteiger partial charge in [-0.05, 0) is 44.1 Å². The first-order chi connectivity index (χ1) is 11.0. The summed E-state index contributed by atoms with van der Waals surface area (Å²) in [5.74, 6) is 0.706. The fraction of sp³-hybridized carbons (Fsp3) is 0.667. The number of carbonyl (C=O) groups is 1. The molecule has 0 aromatic carbocycles.